The normalized spacial score (nSPS) is 17.3. The van der Waals surface area contributed by atoms with Crippen molar-refractivity contribution in [3.8, 4) is 0 Å². The van der Waals surface area contributed by atoms with Crippen LogP contribution in [-0.2, 0) is 0 Å². The number of carbonyl (C=O) groups excluding carboxylic acids is 1. The van der Waals surface area contributed by atoms with E-state index in [4.69, 9.17) is 0 Å². The minimum atomic E-state index is -0.0501. The molecule has 0 bridgehead atoms. The number of aromatic nitrogens is 1. The molecule has 5 heteroatoms. The minimum absolute atomic E-state index is 0.0501. The molecule has 0 radical (unpaired) electrons. The molecule has 112 valence electrons. The summed E-state index contributed by atoms with van der Waals surface area (Å²) in [6, 6.07) is 6.21. The van der Waals surface area contributed by atoms with E-state index >= 15 is 0 Å². The molecule has 0 aliphatic carbocycles. The Morgan fingerprint density at radius 3 is 2.62 bits per heavy atom. The first-order valence-corrected chi connectivity index (χ1v) is 7.38. The van der Waals surface area contributed by atoms with Crippen molar-refractivity contribution in [3.05, 3.63) is 35.0 Å². The number of H-pyrrole nitrogens is 1. The third-order valence-electron chi connectivity index (χ3n) is 4.20. The van der Waals surface area contributed by atoms with Crippen LogP contribution in [0.4, 0.5) is 0 Å². The van der Waals surface area contributed by atoms with Crippen molar-refractivity contribution in [1.82, 2.24) is 20.3 Å². The molecule has 0 spiro atoms. The zero-order chi connectivity index (χ0) is 15.0. The maximum Gasteiger partial charge on any atom is 0.282 e. The molecule has 2 aromatic rings. The summed E-state index contributed by atoms with van der Waals surface area (Å²) < 4.78 is 0. The number of hydrazine groups is 1. The lowest BCUT2D eigenvalue weighted by atomic mass is 10.1. The molecule has 1 aromatic carbocycles. The molecule has 1 amide bonds. The molecule has 1 fully saturated rings. The lowest BCUT2D eigenvalue weighted by molar-refractivity contribution is 0.0658. The Bertz CT molecular complexity index is 668. The van der Waals surface area contributed by atoms with Gasteiger partial charge in [-0.25, -0.2) is 5.01 Å². The second-order valence-electron chi connectivity index (χ2n) is 5.91. The van der Waals surface area contributed by atoms with Gasteiger partial charge >= 0.3 is 0 Å². The van der Waals surface area contributed by atoms with Crippen molar-refractivity contribution in [3.63, 3.8) is 0 Å². The van der Waals surface area contributed by atoms with Gasteiger partial charge in [-0.1, -0.05) is 11.6 Å². The average Bonchev–Trinajstić information content (AvgIpc) is 2.79. The van der Waals surface area contributed by atoms with E-state index in [9.17, 15) is 4.79 Å². The number of nitrogens with one attached hydrogen (secondary N) is 2. The number of nitrogens with zero attached hydrogens (tertiary/aromatic N) is 2. The lowest BCUT2D eigenvalue weighted by Crippen LogP contribution is -2.52. The number of rotatable bonds is 2. The van der Waals surface area contributed by atoms with Crippen molar-refractivity contribution in [2.75, 3.05) is 33.2 Å². The Balaban J connectivity index is 1.80. The van der Waals surface area contributed by atoms with Crippen molar-refractivity contribution in [1.29, 1.82) is 0 Å². The fourth-order valence-electron chi connectivity index (χ4n) is 2.79. The van der Waals surface area contributed by atoms with E-state index in [0.717, 1.165) is 42.6 Å². The van der Waals surface area contributed by atoms with E-state index < -0.39 is 0 Å². The summed E-state index contributed by atoms with van der Waals surface area (Å²) in [6.07, 6.45) is 0. The van der Waals surface area contributed by atoms with Crippen LogP contribution in [0.3, 0.4) is 0 Å². The second-order valence-corrected chi connectivity index (χ2v) is 5.91. The molecular weight excluding hydrogens is 264 g/mol. The maximum absolute atomic E-state index is 12.5. The van der Waals surface area contributed by atoms with Crippen molar-refractivity contribution >= 4 is 16.8 Å². The van der Waals surface area contributed by atoms with Crippen LogP contribution in [0.2, 0.25) is 0 Å². The number of piperazine rings is 1. The van der Waals surface area contributed by atoms with E-state index in [2.05, 4.69) is 41.4 Å². The summed E-state index contributed by atoms with van der Waals surface area (Å²) in [5.41, 5.74) is 6.90. The highest BCUT2D eigenvalue weighted by atomic mass is 16.2. The molecule has 1 aliphatic rings. The first-order valence-electron chi connectivity index (χ1n) is 7.38. The summed E-state index contributed by atoms with van der Waals surface area (Å²) in [4.78, 5) is 18.0. The van der Waals surface area contributed by atoms with E-state index in [1.165, 1.54) is 5.56 Å². The summed E-state index contributed by atoms with van der Waals surface area (Å²) in [6.45, 7) is 7.74. The van der Waals surface area contributed by atoms with Crippen LogP contribution < -0.4 is 5.43 Å². The summed E-state index contributed by atoms with van der Waals surface area (Å²) >= 11 is 0. The van der Waals surface area contributed by atoms with Crippen LogP contribution in [0.25, 0.3) is 10.9 Å². The first-order chi connectivity index (χ1) is 10.0. The van der Waals surface area contributed by atoms with E-state index in [1.807, 2.05) is 18.0 Å². The Hall–Kier alpha value is -1.85. The third-order valence-corrected chi connectivity index (χ3v) is 4.20. The van der Waals surface area contributed by atoms with Crippen molar-refractivity contribution in [2.24, 2.45) is 0 Å². The number of likely N-dealkylation sites (N-methyl/N-ethyl adjacent to an activating group) is 1. The Morgan fingerprint density at radius 1 is 1.19 bits per heavy atom. The van der Waals surface area contributed by atoms with Gasteiger partial charge in [0.15, 0.2) is 0 Å². The fraction of sp³-hybridized carbons (Fsp3) is 0.438. The molecule has 1 aromatic heterocycles. The predicted molar refractivity (Wildman–Crippen MR) is 84.3 cm³/mol. The van der Waals surface area contributed by atoms with Gasteiger partial charge < -0.3 is 9.88 Å². The van der Waals surface area contributed by atoms with Gasteiger partial charge in [-0.2, -0.15) is 0 Å². The molecule has 2 heterocycles. The molecular formula is C16H22N4O. The van der Waals surface area contributed by atoms with Gasteiger partial charge in [0.2, 0.25) is 0 Å². The van der Waals surface area contributed by atoms with Crippen LogP contribution in [0.1, 0.15) is 21.6 Å². The van der Waals surface area contributed by atoms with Crippen LogP contribution in [0.5, 0.6) is 0 Å². The number of amides is 1. The Labute approximate surface area is 124 Å². The van der Waals surface area contributed by atoms with Crippen molar-refractivity contribution in [2.45, 2.75) is 13.8 Å². The van der Waals surface area contributed by atoms with Crippen LogP contribution in [0, 0.1) is 13.8 Å². The van der Waals surface area contributed by atoms with Gasteiger partial charge in [0.05, 0.1) is 0 Å². The van der Waals surface area contributed by atoms with Crippen molar-refractivity contribution < 1.29 is 4.79 Å². The Kier molecular flexibility index (Phi) is 3.69. The monoisotopic (exact) mass is 286 g/mol. The number of hydrogen-bond acceptors (Lipinski definition) is 3. The molecule has 5 nitrogen and oxygen atoms in total. The van der Waals surface area contributed by atoms with Crippen LogP contribution in [-0.4, -0.2) is 54.0 Å². The van der Waals surface area contributed by atoms with E-state index in [0.29, 0.717) is 5.69 Å². The summed E-state index contributed by atoms with van der Waals surface area (Å²) in [5, 5.41) is 3.12. The number of fused-ring (bicyclic) bond motifs is 1. The highest BCUT2D eigenvalue weighted by Crippen LogP contribution is 2.22. The number of benzene rings is 1. The molecule has 1 saturated heterocycles. The van der Waals surface area contributed by atoms with E-state index in [1.54, 1.807) is 0 Å². The maximum atomic E-state index is 12.5. The molecule has 1 aliphatic heterocycles. The second kappa shape index (κ2) is 5.50. The molecule has 3 rings (SSSR count). The average molecular weight is 286 g/mol. The molecule has 21 heavy (non-hydrogen) atoms. The number of aryl methyl sites for hydroxylation is 2. The van der Waals surface area contributed by atoms with Gasteiger partial charge in [0, 0.05) is 37.1 Å². The number of hydrogen-bond donors (Lipinski definition) is 2. The SMILES string of the molecule is Cc1ccc2[nH]c(C(=O)NN3CCN(C)CC3)c(C)c2c1. The van der Waals surface area contributed by atoms with Gasteiger partial charge in [-0.15, -0.1) is 0 Å². The van der Waals surface area contributed by atoms with Gasteiger partial charge in [-0.3, -0.25) is 10.2 Å². The zero-order valence-corrected chi connectivity index (χ0v) is 12.9. The van der Waals surface area contributed by atoms with Gasteiger partial charge in [-0.05, 0) is 38.6 Å². The van der Waals surface area contributed by atoms with E-state index in [-0.39, 0.29) is 5.91 Å². The number of carbonyl (C=O) groups is 1. The molecule has 2 N–H and O–H groups in total. The largest absolute Gasteiger partial charge is 0.350 e. The number of aromatic amines is 1. The van der Waals surface area contributed by atoms with Crippen LogP contribution in [0.15, 0.2) is 18.2 Å². The summed E-state index contributed by atoms with van der Waals surface area (Å²) in [5.74, 6) is -0.0501. The molecule has 0 unspecified atom stereocenters. The fourth-order valence-corrected chi connectivity index (χ4v) is 2.79. The smallest absolute Gasteiger partial charge is 0.282 e. The quantitative estimate of drug-likeness (QED) is 0.883. The Morgan fingerprint density at radius 2 is 1.90 bits per heavy atom. The predicted octanol–water partition coefficient (Wildman–Crippen LogP) is 1.68. The topological polar surface area (TPSA) is 51.4 Å². The standard InChI is InChI=1S/C16H22N4O/c1-11-4-5-14-13(10-11)12(2)15(17-14)16(21)18-20-8-6-19(3)7-9-20/h4-5,10,17H,6-9H2,1-3H3,(H,18,21). The summed E-state index contributed by atoms with van der Waals surface area (Å²) in [7, 11) is 2.10. The molecule has 0 saturated carbocycles. The van der Waals surface area contributed by atoms with Crippen LogP contribution >= 0.6 is 0 Å². The lowest BCUT2D eigenvalue weighted by Gasteiger charge is -2.32. The first kappa shape index (κ1) is 14.1. The highest BCUT2D eigenvalue weighted by Gasteiger charge is 2.19. The van der Waals surface area contributed by atoms with Gasteiger partial charge in [0.25, 0.3) is 5.91 Å². The molecule has 0 atom stereocenters. The zero-order valence-electron chi connectivity index (χ0n) is 12.9. The third kappa shape index (κ3) is 2.80. The minimum Gasteiger partial charge on any atom is -0.350 e. The van der Waals surface area contributed by atoms with Gasteiger partial charge in [0.1, 0.15) is 5.69 Å². The highest BCUT2D eigenvalue weighted by molar-refractivity contribution is 6.00.